The highest BCUT2D eigenvalue weighted by Gasteiger charge is 2.22. The molecule has 0 radical (unpaired) electrons. The Morgan fingerprint density at radius 3 is 2.71 bits per heavy atom. The van der Waals surface area contributed by atoms with E-state index < -0.39 is 12.0 Å². The monoisotopic (exact) mass is 337 g/mol. The van der Waals surface area contributed by atoms with Gasteiger partial charge in [0.15, 0.2) is 6.04 Å². The summed E-state index contributed by atoms with van der Waals surface area (Å²) >= 11 is 0. The van der Waals surface area contributed by atoms with Gasteiger partial charge in [0.25, 0.3) is 0 Å². The first kappa shape index (κ1) is 18.2. The Labute approximate surface area is 140 Å². The van der Waals surface area contributed by atoms with Crippen LogP contribution in [0.4, 0.5) is 0 Å². The molecule has 1 aromatic carbocycles. The number of hydrogen-bond donors (Lipinski definition) is 2. The summed E-state index contributed by atoms with van der Waals surface area (Å²) in [6.45, 7) is 1.46. The minimum Gasteiger partial charge on any atom is -0.497 e. The quantitative estimate of drug-likeness (QED) is 0.664. The number of ether oxygens (including phenoxy) is 3. The van der Waals surface area contributed by atoms with Crippen LogP contribution in [0.2, 0.25) is 0 Å². The van der Waals surface area contributed by atoms with Crippen LogP contribution in [0.15, 0.2) is 24.3 Å². The summed E-state index contributed by atoms with van der Waals surface area (Å²) in [5.74, 6) is -0.865. The minimum absolute atomic E-state index is 0.104. The molecule has 0 spiro atoms. The summed E-state index contributed by atoms with van der Waals surface area (Å²) in [6, 6.07) is 5.45. The normalized spacial score (nSPS) is 18.1. The van der Waals surface area contributed by atoms with Gasteiger partial charge in [-0.05, 0) is 30.5 Å². The standard InChI is InChI=1S/C17H23NO6/c1-22-13-6-4-12(5-7-13)16(17(20)21)18-15(19)8-10-23-11-14-3-2-9-24-14/h4-7,14,16H,2-3,8-11H2,1H3,(H,18,19)(H,20,21). The molecule has 1 fully saturated rings. The van der Waals surface area contributed by atoms with Gasteiger partial charge in [-0.1, -0.05) is 12.1 Å². The summed E-state index contributed by atoms with van der Waals surface area (Å²) in [7, 11) is 1.53. The molecule has 2 atom stereocenters. The zero-order valence-electron chi connectivity index (χ0n) is 13.7. The van der Waals surface area contributed by atoms with Gasteiger partial charge in [0.1, 0.15) is 5.75 Å². The Kier molecular flexibility index (Phi) is 7.02. The molecule has 24 heavy (non-hydrogen) atoms. The lowest BCUT2D eigenvalue weighted by Gasteiger charge is -2.16. The van der Waals surface area contributed by atoms with E-state index in [0.717, 1.165) is 19.4 Å². The number of aliphatic carboxylic acids is 1. The van der Waals surface area contributed by atoms with Crippen molar-refractivity contribution < 1.29 is 28.9 Å². The zero-order chi connectivity index (χ0) is 17.4. The van der Waals surface area contributed by atoms with E-state index in [1.54, 1.807) is 24.3 Å². The number of carbonyl (C=O) groups excluding carboxylic acids is 1. The van der Waals surface area contributed by atoms with Crippen LogP contribution in [-0.4, -0.2) is 50.0 Å². The molecule has 0 aromatic heterocycles. The Bertz CT molecular complexity index is 539. The first-order valence-electron chi connectivity index (χ1n) is 7.95. The van der Waals surface area contributed by atoms with E-state index in [4.69, 9.17) is 14.2 Å². The average Bonchev–Trinajstić information content (AvgIpc) is 3.10. The van der Waals surface area contributed by atoms with Gasteiger partial charge >= 0.3 is 5.97 Å². The summed E-state index contributed by atoms with van der Waals surface area (Å²) < 4.78 is 15.9. The molecule has 0 saturated carbocycles. The highest BCUT2D eigenvalue weighted by atomic mass is 16.5. The molecule has 2 rings (SSSR count). The molecule has 1 aromatic rings. The predicted molar refractivity (Wildman–Crippen MR) is 85.9 cm³/mol. The van der Waals surface area contributed by atoms with Crippen LogP contribution in [-0.2, 0) is 19.1 Å². The molecule has 1 heterocycles. The second-order valence-electron chi connectivity index (χ2n) is 5.57. The lowest BCUT2D eigenvalue weighted by Crippen LogP contribution is -2.34. The lowest BCUT2D eigenvalue weighted by atomic mass is 10.1. The van der Waals surface area contributed by atoms with E-state index in [9.17, 15) is 14.7 Å². The molecule has 1 saturated heterocycles. The Hall–Kier alpha value is -2.12. The summed E-state index contributed by atoms with van der Waals surface area (Å²) in [5, 5.41) is 11.8. The van der Waals surface area contributed by atoms with E-state index in [1.807, 2.05) is 0 Å². The highest BCUT2D eigenvalue weighted by Crippen LogP contribution is 2.18. The summed E-state index contributed by atoms with van der Waals surface area (Å²) in [5.41, 5.74) is 0.483. The van der Waals surface area contributed by atoms with Crippen molar-refractivity contribution in [1.82, 2.24) is 5.32 Å². The van der Waals surface area contributed by atoms with E-state index in [-0.39, 0.29) is 25.0 Å². The number of carbonyl (C=O) groups is 2. The molecule has 1 aliphatic heterocycles. The third kappa shape index (κ3) is 5.50. The van der Waals surface area contributed by atoms with Crippen LogP contribution in [0.5, 0.6) is 5.75 Å². The molecular weight excluding hydrogens is 314 g/mol. The van der Waals surface area contributed by atoms with Crippen LogP contribution in [0, 0.1) is 0 Å². The number of carboxylic acids is 1. The maximum Gasteiger partial charge on any atom is 0.330 e. The Morgan fingerprint density at radius 1 is 1.38 bits per heavy atom. The topological polar surface area (TPSA) is 94.1 Å². The van der Waals surface area contributed by atoms with Gasteiger partial charge in [-0.2, -0.15) is 0 Å². The first-order valence-corrected chi connectivity index (χ1v) is 7.95. The molecule has 0 bridgehead atoms. The first-order chi connectivity index (χ1) is 11.6. The second-order valence-corrected chi connectivity index (χ2v) is 5.57. The molecule has 2 unspecified atom stereocenters. The molecule has 0 aliphatic carbocycles. The van der Waals surface area contributed by atoms with E-state index >= 15 is 0 Å². The van der Waals surface area contributed by atoms with Gasteiger partial charge in [-0.3, -0.25) is 4.79 Å². The van der Waals surface area contributed by atoms with Gasteiger partial charge in [0, 0.05) is 13.0 Å². The van der Waals surface area contributed by atoms with E-state index in [2.05, 4.69) is 5.32 Å². The molecule has 7 heteroatoms. The largest absolute Gasteiger partial charge is 0.497 e. The molecule has 132 valence electrons. The number of hydrogen-bond acceptors (Lipinski definition) is 5. The number of carboxylic acid groups (broad SMARTS) is 1. The lowest BCUT2D eigenvalue weighted by molar-refractivity contribution is -0.142. The van der Waals surface area contributed by atoms with Crippen molar-refractivity contribution in [2.24, 2.45) is 0 Å². The summed E-state index contributed by atoms with van der Waals surface area (Å²) in [6.07, 6.45) is 2.23. The maximum absolute atomic E-state index is 11.9. The third-order valence-corrected chi connectivity index (χ3v) is 3.80. The van der Waals surface area contributed by atoms with Gasteiger partial charge in [0.05, 0.1) is 26.4 Å². The van der Waals surface area contributed by atoms with Crippen molar-refractivity contribution in [2.45, 2.75) is 31.4 Å². The van der Waals surface area contributed by atoms with Gasteiger partial charge in [-0.15, -0.1) is 0 Å². The van der Waals surface area contributed by atoms with E-state index in [1.165, 1.54) is 7.11 Å². The second kappa shape index (κ2) is 9.24. The Balaban J connectivity index is 1.78. The molecular formula is C17H23NO6. The van der Waals surface area contributed by atoms with Crippen molar-refractivity contribution in [3.8, 4) is 5.75 Å². The maximum atomic E-state index is 11.9. The number of methoxy groups -OCH3 is 1. The van der Waals surface area contributed by atoms with E-state index in [0.29, 0.717) is 17.9 Å². The summed E-state index contributed by atoms with van der Waals surface area (Å²) in [4.78, 5) is 23.3. The third-order valence-electron chi connectivity index (χ3n) is 3.80. The smallest absolute Gasteiger partial charge is 0.330 e. The fourth-order valence-electron chi connectivity index (χ4n) is 2.47. The fraction of sp³-hybridized carbons (Fsp3) is 0.529. The number of rotatable bonds is 9. The van der Waals surface area contributed by atoms with Crippen LogP contribution in [0.25, 0.3) is 0 Å². The molecule has 1 aliphatic rings. The van der Waals surface area contributed by atoms with Crippen LogP contribution in [0.1, 0.15) is 30.9 Å². The van der Waals surface area contributed by atoms with Crippen LogP contribution < -0.4 is 10.1 Å². The van der Waals surface area contributed by atoms with Crippen molar-refractivity contribution >= 4 is 11.9 Å². The van der Waals surface area contributed by atoms with Crippen LogP contribution >= 0.6 is 0 Å². The Morgan fingerprint density at radius 2 is 2.12 bits per heavy atom. The van der Waals surface area contributed by atoms with Gasteiger partial charge < -0.3 is 24.6 Å². The number of amides is 1. The number of nitrogens with one attached hydrogen (secondary N) is 1. The highest BCUT2D eigenvalue weighted by molar-refractivity contribution is 5.84. The fourth-order valence-corrected chi connectivity index (χ4v) is 2.47. The van der Waals surface area contributed by atoms with Crippen molar-refractivity contribution in [1.29, 1.82) is 0 Å². The molecule has 2 N–H and O–H groups in total. The van der Waals surface area contributed by atoms with Gasteiger partial charge in [0.2, 0.25) is 5.91 Å². The predicted octanol–water partition coefficient (Wildman–Crippen LogP) is 1.52. The van der Waals surface area contributed by atoms with Crippen LogP contribution in [0.3, 0.4) is 0 Å². The average molecular weight is 337 g/mol. The number of benzene rings is 1. The zero-order valence-corrected chi connectivity index (χ0v) is 13.7. The van der Waals surface area contributed by atoms with Crippen molar-refractivity contribution in [3.05, 3.63) is 29.8 Å². The van der Waals surface area contributed by atoms with Crippen molar-refractivity contribution in [3.63, 3.8) is 0 Å². The SMILES string of the molecule is COc1ccc(C(NC(=O)CCOCC2CCCO2)C(=O)O)cc1. The molecule has 7 nitrogen and oxygen atoms in total. The minimum atomic E-state index is -1.12. The van der Waals surface area contributed by atoms with Gasteiger partial charge in [-0.25, -0.2) is 4.79 Å². The van der Waals surface area contributed by atoms with Crippen molar-refractivity contribution in [2.75, 3.05) is 26.9 Å². The molecule has 1 amide bonds.